The van der Waals surface area contributed by atoms with Gasteiger partial charge in [-0.25, -0.2) is 25.9 Å². The second kappa shape index (κ2) is 13.9. The molecule has 0 aliphatic carbocycles. The van der Waals surface area contributed by atoms with E-state index in [1.54, 1.807) is 55.3 Å². The normalized spacial score (nSPS) is 14.2. The molecule has 1 aliphatic heterocycles. The second-order valence-electron chi connectivity index (χ2n) is 11.7. The summed E-state index contributed by atoms with van der Waals surface area (Å²) in [6, 6.07) is 15.4. The Labute approximate surface area is 290 Å². The molecule has 1 aliphatic rings. The highest BCUT2D eigenvalue weighted by Crippen LogP contribution is 2.50. The number of halogens is 5. The molecule has 0 radical (unpaired) electrons. The maximum atomic E-state index is 16.8. The smallest absolute Gasteiger partial charge is 0.418 e. The van der Waals surface area contributed by atoms with Gasteiger partial charge in [-0.05, 0) is 53.9 Å². The lowest BCUT2D eigenvalue weighted by Gasteiger charge is -2.27. The van der Waals surface area contributed by atoms with Gasteiger partial charge in [0.1, 0.15) is 47.6 Å². The molecule has 2 aromatic heterocycles. The Bertz CT molecular complexity index is 2040. The molecule has 6 rings (SSSR count). The number of hydrogen-bond donors (Lipinski definition) is 0. The van der Waals surface area contributed by atoms with E-state index in [2.05, 4.69) is 19.8 Å². The third kappa shape index (κ3) is 6.50. The van der Waals surface area contributed by atoms with Crippen molar-refractivity contribution in [2.75, 3.05) is 44.2 Å². The topological polar surface area (TPSA) is 77.2 Å². The van der Waals surface area contributed by atoms with Crippen molar-refractivity contribution in [3.63, 3.8) is 0 Å². The van der Waals surface area contributed by atoms with Crippen LogP contribution in [-0.4, -0.2) is 55.4 Å². The fourth-order valence-corrected chi connectivity index (χ4v) is 6.34. The summed E-state index contributed by atoms with van der Waals surface area (Å²) in [4.78, 5) is 19.9. The van der Waals surface area contributed by atoms with E-state index in [1.165, 1.54) is 13.0 Å². The van der Waals surface area contributed by atoms with Crippen LogP contribution in [-0.2, 0) is 19.3 Å². The molecule has 0 N–H and O–H groups in total. The number of likely N-dealkylation sites (N-methyl/N-ethyl adjacent to an activating group) is 1. The van der Waals surface area contributed by atoms with Crippen LogP contribution in [0.15, 0.2) is 60.9 Å². The molecule has 1 atom stereocenters. The molecule has 0 bridgehead atoms. The number of methoxy groups -OCH3 is 2. The number of aromatic nitrogens is 3. The summed E-state index contributed by atoms with van der Waals surface area (Å²) in [5.41, 5.74) is -1.27. The molecular formula is C36H31ClF4N6O3. The van der Waals surface area contributed by atoms with E-state index in [4.69, 9.17) is 32.4 Å². The number of pyridine rings is 1. The molecule has 0 fully saturated rings. The zero-order valence-corrected chi connectivity index (χ0v) is 28.2. The first-order chi connectivity index (χ1) is 23.9. The molecule has 3 heterocycles. The molecule has 9 nitrogen and oxygen atoms in total. The molecule has 0 saturated heterocycles. The number of nitrogens with zero attached hydrogens (tertiary/aromatic N) is 6. The number of benzene rings is 3. The lowest BCUT2D eigenvalue weighted by Crippen LogP contribution is -2.38. The summed E-state index contributed by atoms with van der Waals surface area (Å²) in [6.45, 7) is 9.12. The summed E-state index contributed by atoms with van der Waals surface area (Å²) in [5.74, 6) is 0.484. The standard InChI is InChI=1S/C36H31ClF4N6O3/c1-20-14-26(47(16-21-6-10-24(48-4)11-7-21)17-22-8-12-25(49-5)13-9-22)45-32(29(20)36(39,40)41)27-30(37)34-28-33(31(27)38)43-19-44-35(28)46(3)23(15-42-2)18-50-34/h6-14,19,23H,15-18H2,1,3-5H3. The second-order valence-corrected chi connectivity index (χ2v) is 12.1. The molecule has 0 amide bonds. The van der Waals surface area contributed by atoms with E-state index >= 15 is 4.39 Å². The van der Waals surface area contributed by atoms with Gasteiger partial charge in [-0.1, -0.05) is 35.9 Å². The fraction of sp³-hybridized carbons (Fsp3) is 0.278. The SMILES string of the molecule is [C-]#[N+]CC1COc2c(Cl)c(-c3nc(N(Cc4ccc(OC)cc4)Cc4ccc(OC)cc4)cc(C)c3C(F)(F)F)c(F)c3ncnc(c23)N1C. The Hall–Kier alpha value is -5.35. The van der Waals surface area contributed by atoms with Crippen LogP contribution in [0.5, 0.6) is 17.2 Å². The summed E-state index contributed by atoms with van der Waals surface area (Å²) in [7, 11) is 4.78. The predicted octanol–water partition coefficient (Wildman–Crippen LogP) is 8.15. The highest BCUT2D eigenvalue weighted by Gasteiger charge is 2.40. The van der Waals surface area contributed by atoms with Gasteiger partial charge in [0.15, 0.2) is 11.6 Å². The first-order valence-electron chi connectivity index (χ1n) is 15.4. The average molecular weight is 707 g/mol. The zero-order chi connectivity index (χ0) is 35.7. The minimum Gasteiger partial charge on any atom is -0.497 e. The van der Waals surface area contributed by atoms with Gasteiger partial charge in [0.25, 0.3) is 0 Å². The van der Waals surface area contributed by atoms with Gasteiger partial charge in [0.05, 0.1) is 41.4 Å². The average Bonchev–Trinajstić information content (AvgIpc) is 3.23. The Balaban J connectivity index is 1.57. The quantitative estimate of drug-likeness (QED) is 0.112. The highest BCUT2D eigenvalue weighted by atomic mass is 35.5. The first kappa shape index (κ1) is 34.5. The van der Waals surface area contributed by atoms with E-state index in [0.717, 1.165) is 17.5 Å². The van der Waals surface area contributed by atoms with Crippen molar-refractivity contribution >= 4 is 34.1 Å². The molecule has 0 saturated carbocycles. The van der Waals surface area contributed by atoms with E-state index in [-0.39, 0.29) is 60.1 Å². The lowest BCUT2D eigenvalue weighted by atomic mass is 9.98. The molecule has 1 unspecified atom stereocenters. The number of aryl methyl sites for hydroxylation is 1. The zero-order valence-electron chi connectivity index (χ0n) is 27.5. The third-order valence-corrected chi connectivity index (χ3v) is 8.98. The predicted molar refractivity (Wildman–Crippen MR) is 183 cm³/mol. The summed E-state index contributed by atoms with van der Waals surface area (Å²) >= 11 is 6.86. The number of rotatable bonds is 9. The van der Waals surface area contributed by atoms with Gasteiger partial charge < -0.3 is 28.9 Å². The molecular weight excluding hydrogens is 676 g/mol. The van der Waals surface area contributed by atoms with E-state index in [9.17, 15) is 13.2 Å². The molecule has 14 heteroatoms. The molecule has 3 aromatic carbocycles. The van der Waals surface area contributed by atoms with Crippen molar-refractivity contribution in [3.8, 4) is 28.5 Å². The van der Waals surface area contributed by atoms with Crippen molar-refractivity contribution in [1.29, 1.82) is 0 Å². The van der Waals surface area contributed by atoms with Crippen LogP contribution in [0.3, 0.4) is 0 Å². The lowest BCUT2D eigenvalue weighted by molar-refractivity contribution is -0.137. The maximum absolute atomic E-state index is 16.8. The maximum Gasteiger partial charge on any atom is 0.418 e. The van der Waals surface area contributed by atoms with Gasteiger partial charge in [-0.15, -0.1) is 0 Å². The van der Waals surface area contributed by atoms with Crippen molar-refractivity contribution < 1.29 is 31.8 Å². The summed E-state index contributed by atoms with van der Waals surface area (Å²) in [6.07, 6.45) is -3.82. The minimum absolute atomic E-state index is 0.0299. The molecule has 5 aromatic rings. The van der Waals surface area contributed by atoms with Crippen molar-refractivity contribution in [3.05, 3.63) is 105 Å². The Morgan fingerprint density at radius 3 is 2.16 bits per heavy atom. The number of anilines is 2. The summed E-state index contributed by atoms with van der Waals surface area (Å²) < 4.78 is 78.1. The Morgan fingerprint density at radius 2 is 1.62 bits per heavy atom. The molecule has 0 spiro atoms. The van der Waals surface area contributed by atoms with Gasteiger partial charge >= 0.3 is 6.18 Å². The number of alkyl halides is 3. The van der Waals surface area contributed by atoms with E-state index in [0.29, 0.717) is 11.5 Å². The van der Waals surface area contributed by atoms with Crippen LogP contribution in [0.1, 0.15) is 22.3 Å². The van der Waals surface area contributed by atoms with Gasteiger partial charge in [0.2, 0.25) is 6.54 Å². The van der Waals surface area contributed by atoms with Crippen LogP contribution < -0.4 is 24.0 Å². The van der Waals surface area contributed by atoms with Crippen LogP contribution >= 0.6 is 11.6 Å². The number of hydrogen-bond acceptors (Lipinski definition) is 8. The Morgan fingerprint density at radius 1 is 1.02 bits per heavy atom. The minimum atomic E-state index is -4.93. The van der Waals surface area contributed by atoms with Gasteiger partial charge in [0, 0.05) is 20.1 Å². The fourth-order valence-electron chi connectivity index (χ4n) is 6.02. The highest BCUT2D eigenvalue weighted by molar-refractivity contribution is 6.36. The van der Waals surface area contributed by atoms with Crippen LogP contribution in [0, 0.1) is 19.3 Å². The largest absolute Gasteiger partial charge is 0.497 e. The van der Waals surface area contributed by atoms with Crippen molar-refractivity contribution in [1.82, 2.24) is 15.0 Å². The van der Waals surface area contributed by atoms with Crippen LogP contribution in [0.25, 0.3) is 27.0 Å². The first-order valence-corrected chi connectivity index (χ1v) is 15.8. The third-order valence-electron chi connectivity index (χ3n) is 8.62. The van der Waals surface area contributed by atoms with Gasteiger partial charge in [-0.3, -0.25) is 0 Å². The number of ether oxygens (including phenoxy) is 3. The van der Waals surface area contributed by atoms with Crippen LogP contribution in [0.4, 0.5) is 29.2 Å². The van der Waals surface area contributed by atoms with Crippen molar-refractivity contribution in [2.24, 2.45) is 0 Å². The van der Waals surface area contributed by atoms with E-state index < -0.39 is 39.9 Å². The molecule has 50 heavy (non-hydrogen) atoms. The monoisotopic (exact) mass is 706 g/mol. The van der Waals surface area contributed by atoms with Crippen LogP contribution in [0.2, 0.25) is 5.02 Å². The van der Waals surface area contributed by atoms with E-state index in [1.807, 2.05) is 24.3 Å². The summed E-state index contributed by atoms with van der Waals surface area (Å²) in [5, 5.41) is -0.315. The van der Waals surface area contributed by atoms with Gasteiger partial charge in [-0.2, -0.15) is 13.2 Å². The molecule has 258 valence electrons. The van der Waals surface area contributed by atoms with Crippen molar-refractivity contribution in [2.45, 2.75) is 32.2 Å². The Kier molecular flexibility index (Phi) is 9.58.